The molecule has 0 radical (unpaired) electrons. The van der Waals surface area contributed by atoms with Crippen molar-refractivity contribution in [2.24, 2.45) is 40.4 Å². The molecule has 0 aromatic carbocycles. The second-order valence-corrected chi connectivity index (χ2v) is 10.2. The molecule has 0 spiro atoms. The quantitative estimate of drug-likeness (QED) is 0.524. The second kappa shape index (κ2) is 5.52. The van der Waals surface area contributed by atoms with Crippen molar-refractivity contribution in [3.05, 3.63) is 0 Å². The van der Waals surface area contributed by atoms with E-state index in [0.29, 0.717) is 0 Å². The monoisotopic (exact) mass is 302 g/mol. The minimum Gasteiger partial charge on any atom is -0.0654 e. The summed E-state index contributed by atoms with van der Waals surface area (Å²) >= 11 is 0. The van der Waals surface area contributed by atoms with E-state index in [4.69, 9.17) is 0 Å². The van der Waals surface area contributed by atoms with Crippen molar-refractivity contribution in [1.82, 2.24) is 0 Å². The van der Waals surface area contributed by atoms with Crippen molar-refractivity contribution in [2.75, 3.05) is 0 Å². The van der Waals surface area contributed by atoms with E-state index in [9.17, 15) is 0 Å². The Morgan fingerprint density at radius 2 is 1.73 bits per heavy atom. The number of fused-ring (bicyclic) bond motifs is 5. The zero-order valence-corrected chi connectivity index (χ0v) is 15.4. The highest BCUT2D eigenvalue weighted by Gasteiger charge is 2.57. The van der Waals surface area contributed by atoms with E-state index >= 15 is 0 Å². The van der Waals surface area contributed by atoms with Gasteiger partial charge in [-0.1, -0.05) is 40.0 Å². The predicted molar refractivity (Wildman–Crippen MR) is 94.7 cm³/mol. The third kappa shape index (κ3) is 2.22. The van der Waals surface area contributed by atoms with E-state index in [2.05, 4.69) is 20.8 Å². The lowest BCUT2D eigenvalue weighted by atomic mass is 9.44. The van der Waals surface area contributed by atoms with Gasteiger partial charge in [-0.05, 0) is 98.2 Å². The van der Waals surface area contributed by atoms with Crippen molar-refractivity contribution < 1.29 is 0 Å². The molecule has 0 nitrogen and oxygen atoms in total. The van der Waals surface area contributed by atoms with Crippen molar-refractivity contribution >= 4 is 0 Å². The van der Waals surface area contributed by atoms with Gasteiger partial charge in [-0.2, -0.15) is 0 Å². The van der Waals surface area contributed by atoms with E-state index in [1.165, 1.54) is 19.3 Å². The van der Waals surface area contributed by atoms with Crippen LogP contribution in [-0.4, -0.2) is 0 Å². The van der Waals surface area contributed by atoms with E-state index in [-0.39, 0.29) is 0 Å². The van der Waals surface area contributed by atoms with Gasteiger partial charge in [0.15, 0.2) is 0 Å². The fourth-order valence-electron chi connectivity index (χ4n) is 8.01. The van der Waals surface area contributed by atoms with E-state index < -0.39 is 0 Å². The van der Waals surface area contributed by atoms with Crippen molar-refractivity contribution in [3.8, 4) is 0 Å². The first-order valence-corrected chi connectivity index (χ1v) is 10.6. The van der Waals surface area contributed by atoms with Gasteiger partial charge in [0.2, 0.25) is 0 Å². The van der Waals surface area contributed by atoms with E-state index in [0.717, 1.165) is 40.4 Å². The smallest absolute Gasteiger partial charge is 0.0266 e. The van der Waals surface area contributed by atoms with Gasteiger partial charge in [-0.3, -0.25) is 0 Å². The van der Waals surface area contributed by atoms with Crippen LogP contribution in [0.25, 0.3) is 0 Å². The van der Waals surface area contributed by atoms with Crippen LogP contribution < -0.4 is 0 Å². The Labute approximate surface area is 138 Å². The molecule has 0 aliphatic heterocycles. The Morgan fingerprint density at radius 3 is 2.55 bits per heavy atom. The predicted octanol–water partition coefficient (Wildman–Crippen LogP) is 6.84. The van der Waals surface area contributed by atoms with Crippen LogP contribution in [0.4, 0.5) is 0 Å². The molecule has 0 aromatic rings. The van der Waals surface area contributed by atoms with Crippen molar-refractivity contribution in [3.63, 3.8) is 0 Å². The molecule has 0 aromatic heterocycles. The van der Waals surface area contributed by atoms with Crippen LogP contribution in [0.15, 0.2) is 0 Å². The first-order valence-electron chi connectivity index (χ1n) is 10.6. The largest absolute Gasteiger partial charge is 0.0654 e. The highest BCUT2D eigenvalue weighted by atomic mass is 14.6. The Bertz CT molecular complexity index is 412. The molecule has 4 aliphatic rings. The molecule has 0 amide bonds. The zero-order chi connectivity index (χ0) is 15.4. The van der Waals surface area contributed by atoms with Gasteiger partial charge in [-0.15, -0.1) is 0 Å². The van der Waals surface area contributed by atoms with Gasteiger partial charge in [0.25, 0.3) is 0 Å². The average Bonchev–Trinajstić information content (AvgIpc) is 2.89. The Hall–Kier alpha value is 0. The molecule has 4 saturated carbocycles. The molecule has 126 valence electrons. The second-order valence-electron chi connectivity index (χ2n) is 10.2. The lowest BCUT2D eigenvalue weighted by molar-refractivity contribution is -0.111. The highest BCUT2D eigenvalue weighted by molar-refractivity contribution is 5.07. The molecule has 0 heteroatoms. The molecule has 0 N–H and O–H groups in total. The number of rotatable bonds is 2. The molecule has 4 fully saturated rings. The SMILES string of the molecule is CCC[C@@H]1CC[C@@]2(C)[C@@H](CC[C@H]3[C@@H]4CCC[C@@]4(C)CC[C@@H]32)C1. The topological polar surface area (TPSA) is 0 Å². The summed E-state index contributed by atoms with van der Waals surface area (Å²) in [6, 6.07) is 0. The molecular formula is C22H38. The third-order valence-corrected chi connectivity index (χ3v) is 9.25. The standard InChI is InChI=1S/C22H38/c1-4-6-16-10-14-22(3)17(15-16)8-9-18-19-7-5-12-21(19,2)13-11-20(18)22/h16-20H,4-15H2,1-3H3/t16-,17+,18+,19+,20+,21+,22+/m1/s1. The van der Waals surface area contributed by atoms with Gasteiger partial charge in [0.05, 0.1) is 0 Å². The third-order valence-electron chi connectivity index (χ3n) is 9.25. The van der Waals surface area contributed by atoms with E-state index in [1.54, 1.807) is 57.8 Å². The Morgan fingerprint density at radius 1 is 0.864 bits per heavy atom. The summed E-state index contributed by atoms with van der Waals surface area (Å²) in [7, 11) is 0. The number of hydrogen-bond acceptors (Lipinski definition) is 0. The summed E-state index contributed by atoms with van der Waals surface area (Å²) in [5.41, 5.74) is 1.46. The van der Waals surface area contributed by atoms with Crippen molar-refractivity contribution in [1.29, 1.82) is 0 Å². The maximum atomic E-state index is 2.73. The van der Waals surface area contributed by atoms with Crippen LogP contribution in [0, 0.1) is 40.4 Å². The molecule has 4 aliphatic carbocycles. The summed E-state index contributed by atoms with van der Waals surface area (Å²) in [6.45, 7) is 7.76. The first kappa shape index (κ1) is 15.5. The summed E-state index contributed by atoms with van der Waals surface area (Å²) in [4.78, 5) is 0. The molecule has 4 rings (SSSR count). The molecule has 22 heavy (non-hydrogen) atoms. The number of hydrogen-bond donors (Lipinski definition) is 0. The Kier molecular flexibility index (Phi) is 3.90. The molecule has 0 unspecified atom stereocenters. The minimum atomic E-state index is 0.719. The van der Waals surface area contributed by atoms with Crippen LogP contribution >= 0.6 is 0 Å². The normalized spacial score (nSPS) is 54.4. The zero-order valence-electron chi connectivity index (χ0n) is 15.4. The van der Waals surface area contributed by atoms with E-state index in [1.807, 2.05) is 0 Å². The Balaban J connectivity index is 1.54. The summed E-state index contributed by atoms with van der Waals surface area (Å²) < 4.78 is 0. The average molecular weight is 303 g/mol. The molecular weight excluding hydrogens is 264 g/mol. The summed E-state index contributed by atoms with van der Waals surface area (Å²) in [6.07, 6.45) is 18.5. The maximum Gasteiger partial charge on any atom is -0.0266 e. The van der Waals surface area contributed by atoms with Crippen molar-refractivity contribution in [2.45, 2.75) is 97.8 Å². The lowest BCUT2D eigenvalue weighted by Gasteiger charge is -2.60. The fraction of sp³-hybridized carbons (Fsp3) is 1.00. The van der Waals surface area contributed by atoms with Crippen LogP contribution in [0.5, 0.6) is 0 Å². The van der Waals surface area contributed by atoms with Crippen LogP contribution in [-0.2, 0) is 0 Å². The molecule has 7 atom stereocenters. The van der Waals surface area contributed by atoms with Crippen LogP contribution in [0.2, 0.25) is 0 Å². The van der Waals surface area contributed by atoms with Crippen LogP contribution in [0.3, 0.4) is 0 Å². The van der Waals surface area contributed by atoms with Gasteiger partial charge >= 0.3 is 0 Å². The first-order chi connectivity index (χ1) is 10.6. The maximum absolute atomic E-state index is 2.73. The van der Waals surface area contributed by atoms with Crippen LogP contribution in [0.1, 0.15) is 97.8 Å². The molecule has 0 heterocycles. The van der Waals surface area contributed by atoms with Gasteiger partial charge in [0.1, 0.15) is 0 Å². The molecule has 0 bridgehead atoms. The van der Waals surface area contributed by atoms with Gasteiger partial charge in [-0.25, -0.2) is 0 Å². The summed E-state index contributed by atoms with van der Waals surface area (Å²) in [5, 5.41) is 0. The molecule has 0 saturated heterocycles. The summed E-state index contributed by atoms with van der Waals surface area (Å²) in [5.74, 6) is 5.43. The fourth-order valence-corrected chi connectivity index (χ4v) is 8.01. The van der Waals surface area contributed by atoms with Gasteiger partial charge in [0, 0.05) is 0 Å². The highest BCUT2D eigenvalue weighted by Crippen LogP contribution is 2.66. The minimum absolute atomic E-state index is 0.719. The van der Waals surface area contributed by atoms with Gasteiger partial charge < -0.3 is 0 Å². The lowest BCUT2D eigenvalue weighted by Crippen LogP contribution is -2.52.